The highest BCUT2D eigenvalue weighted by atomic mass is 16.2. The lowest BCUT2D eigenvalue weighted by Gasteiger charge is -2.36. The molecular formula is C16H29N3O. The third kappa shape index (κ3) is 3.53. The number of carbonyl (C=O) groups is 1. The molecule has 0 radical (unpaired) electrons. The number of hydrogen-bond acceptors (Lipinski definition) is 3. The van der Waals surface area contributed by atoms with Gasteiger partial charge in [-0.05, 0) is 70.6 Å². The summed E-state index contributed by atoms with van der Waals surface area (Å²) in [4.78, 5) is 17.1. The van der Waals surface area contributed by atoms with E-state index in [1.54, 1.807) is 0 Å². The van der Waals surface area contributed by atoms with Gasteiger partial charge in [0.25, 0.3) is 0 Å². The lowest BCUT2D eigenvalue weighted by molar-refractivity contribution is -0.136. The summed E-state index contributed by atoms with van der Waals surface area (Å²) in [7, 11) is 0. The van der Waals surface area contributed by atoms with Crippen molar-refractivity contribution in [3.63, 3.8) is 0 Å². The zero-order valence-corrected chi connectivity index (χ0v) is 12.6. The summed E-state index contributed by atoms with van der Waals surface area (Å²) in [5, 5.41) is 3.44. The number of nitrogens with one attached hydrogen (secondary N) is 1. The first kappa shape index (κ1) is 14.3. The normalized spacial score (nSPS) is 27.1. The van der Waals surface area contributed by atoms with Crippen LogP contribution in [0.5, 0.6) is 0 Å². The highest BCUT2D eigenvalue weighted by molar-refractivity contribution is 5.79. The van der Waals surface area contributed by atoms with E-state index in [2.05, 4.69) is 15.1 Å². The second-order valence-electron chi connectivity index (χ2n) is 6.80. The fraction of sp³-hybridized carbons (Fsp3) is 0.938. The van der Waals surface area contributed by atoms with E-state index in [1.165, 1.54) is 45.3 Å². The van der Waals surface area contributed by atoms with Crippen molar-refractivity contribution in [3.05, 3.63) is 0 Å². The van der Waals surface area contributed by atoms with Crippen molar-refractivity contribution in [2.45, 2.75) is 38.5 Å². The lowest BCUT2D eigenvalue weighted by atomic mass is 9.92. The molecule has 3 fully saturated rings. The SMILES string of the molecule is O=C(C1CCN(CC2CCNCC2)CC1)N1CCCC1. The van der Waals surface area contributed by atoms with Gasteiger partial charge in [0.1, 0.15) is 0 Å². The Bertz CT molecular complexity index is 314. The third-order valence-corrected chi connectivity index (χ3v) is 5.33. The predicted molar refractivity (Wildman–Crippen MR) is 80.6 cm³/mol. The second-order valence-corrected chi connectivity index (χ2v) is 6.80. The molecule has 0 spiro atoms. The molecule has 0 bridgehead atoms. The van der Waals surface area contributed by atoms with Crippen LogP contribution in [-0.2, 0) is 4.79 Å². The molecule has 4 heteroatoms. The van der Waals surface area contributed by atoms with Gasteiger partial charge in [0.2, 0.25) is 5.91 Å². The first-order chi connectivity index (χ1) is 9.83. The lowest BCUT2D eigenvalue weighted by Crippen LogP contribution is -2.44. The van der Waals surface area contributed by atoms with Crippen LogP contribution in [0.4, 0.5) is 0 Å². The maximum absolute atomic E-state index is 12.4. The summed E-state index contributed by atoms with van der Waals surface area (Å²) in [6, 6.07) is 0. The number of likely N-dealkylation sites (tertiary alicyclic amines) is 2. The van der Waals surface area contributed by atoms with Crippen molar-refractivity contribution in [2.75, 3.05) is 45.8 Å². The van der Waals surface area contributed by atoms with E-state index in [9.17, 15) is 4.79 Å². The molecule has 1 N–H and O–H groups in total. The number of piperidine rings is 2. The molecular weight excluding hydrogens is 250 g/mol. The zero-order chi connectivity index (χ0) is 13.8. The zero-order valence-electron chi connectivity index (χ0n) is 12.6. The Morgan fingerprint density at radius 3 is 2.25 bits per heavy atom. The molecule has 0 aromatic carbocycles. The molecule has 0 aromatic heterocycles. The van der Waals surface area contributed by atoms with Crippen LogP contribution in [0, 0.1) is 11.8 Å². The Labute approximate surface area is 122 Å². The van der Waals surface area contributed by atoms with Crippen molar-refractivity contribution >= 4 is 5.91 Å². The number of rotatable bonds is 3. The van der Waals surface area contributed by atoms with Gasteiger partial charge < -0.3 is 15.1 Å². The number of hydrogen-bond donors (Lipinski definition) is 1. The molecule has 3 heterocycles. The standard InChI is InChI=1S/C16H29N3O/c20-16(19-9-1-2-10-19)15-5-11-18(12-6-15)13-14-3-7-17-8-4-14/h14-15,17H,1-13H2. The molecule has 0 saturated carbocycles. The first-order valence-electron chi connectivity index (χ1n) is 8.55. The van der Waals surface area contributed by atoms with E-state index in [4.69, 9.17) is 0 Å². The number of nitrogens with zero attached hydrogens (tertiary/aromatic N) is 2. The van der Waals surface area contributed by atoms with E-state index >= 15 is 0 Å². The minimum absolute atomic E-state index is 0.317. The van der Waals surface area contributed by atoms with E-state index in [1.807, 2.05) is 0 Å². The van der Waals surface area contributed by atoms with Crippen molar-refractivity contribution in [1.29, 1.82) is 0 Å². The minimum Gasteiger partial charge on any atom is -0.342 e. The topological polar surface area (TPSA) is 35.6 Å². The van der Waals surface area contributed by atoms with Crippen LogP contribution in [0.2, 0.25) is 0 Å². The maximum atomic E-state index is 12.4. The molecule has 0 unspecified atom stereocenters. The smallest absolute Gasteiger partial charge is 0.225 e. The first-order valence-corrected chi connectivity index (χ1v) is 8.55. The van der Waals surface area contributed by atoms with Gasteiger partial charge in [-0.15, -0.1) is 0 Å². The Morgan fingerprint density at radius 2 is 1.60 bits per heavy atom. The average molecular weight is 279 g/mol. The van der Waals surface area contributed by atoms with Gasteiger partial charge in [-0.2, -0.15) is 0 Å². The van der Waals surface area contributed by atoms with Crippen LogP contribution in [0.3, 0.4) is 0 Å². The summed E-state index contributed by atoms with van der Waals surface area (Å²) in [6.45, 7) is 7.92. The van der Waals surface area contributed by atoms with Crippen LogP contribution >= 0.6 is 0 Å². The van der Waals surface area contributed by atoms with Crippen molar-refractivity contribution in [2.24, 2.45) is 11.8 Å². The second kappa shape index (κ2) is 6.90. The summed E-state index contributed by atoms with van der Waals surface area (Å²) in [6.07, 6.45) is 7.24. The van der Waals surface area contributed by atoms with Gasteiger partial charge in [-0.3, -0.25) is 4.79 Å². The van der Waals surface area contributed by atoms with Crippen LogP contribution < -0.4 is 5.32 Å². The van der Waals surface area contributed by atoms with Gasteiger partial charge in [0.15, 0.2) is 0 Å². The van der Waals surface area contributed by atoms with Gasteiger partial charge in [-0.1, -0.05) is 0 Å². The Kier molecular flexibility index (Phi) is 4.94. The Hall–Kier alpha value is -0.610. The highest BCUT2D eigenvalue weighted by Crippen LogP contribution is 2.23. The van der Waals surface area contributed by atoms with E-state index in [0.717, 1.165) is 44.9 Å². The molecule has 0 aromatic rings. The van der Waals surface area contributed by atoms with Gasteiger partial charge >= 0.3 is 0 Å². The van der Waals surface area contributed by atoms with Gasteiger partial charge in [-0.25, -0.2) is 0 Å². The molecule has 114 valence electrons. The van der Waals surface area contributed by atoms with E-state index in [0.29, 0.717) is 11.8 Å². The summed E-state index contributed by atoms with van der Waals surface area (Å²) < 4.78 is 0. The predicted octanol–water partition coefficient (Wildman–Crippen LogP) is 1.32. The molecule has 0 aliphatic carbocycles. The number of amides is 1. The van der Waals surface area contributed by atoms with Crippen molar-refractivity contribution in [3.8, 4) is 0 Å². The Morgan fingerprint density at radius 1 is 0.950 bits per heavy atom. The van der Waals surface area contributed by atoms with E-state index in [-0.39, 0.29) is 0 Å². The molecule has 3 aliphatic heterocycles. The van der Waals surface area contributed by atoms with Gasteiger partial charge in [0.05, 0.1) is 0 Å². The molecule has 0 atom stereocenters. The van der Waals surface area contributed by atoms with Crippen molar-refractivity contribution in [1.82, 2.24) is 15.1 Å². The molecule has 3 aliphatic rings. The average Bonchev–Trinajstić information content (AvgIpc) is 3.03. The van der Waals surface area contributed by atoms with E-state index < -0.39 is 0 Å². The number of carbonyl (C=O) groups excluding carboxylic acids is 1. The van der Waals surface area contributed by atoms with Gasteiger partial charge in [0, 0.05) is 25.6 Å². The fourth-order valence-corrected chi connectivity index (χ4v) is 3.99. The summed E-state index contributed by atoms with van der Waals surface area (Å²) in [5.41, 5.74) is 0. The highest BCUT2D eigenvalue weighted by Gasteiger charge is 2.30. The summed E-state index contributed by atoms with van der Waals surface area (Å²) >= 11 is 0. The molecule has 4 nitrogen and oxygen atoms in total. The summed E-state index contributed by atoms with van der Waals surface area (Å²) in [5.74, 6) is 1.64. The maximum Gasteiger partial charge on any atom is 0.225 e. The largest absolute Gasteiger partial charge is 0.342 e. The fourth-order valence-electron chi connectivity index (χ4n) is 3.99. The van der Waals surface area contributed by atoms with Crippen molar-refractivity contribution < 1.29 is 4.79 Å². The Balaban J connectivity index is 1.40. The molecule has 3 rings (SSSR count). The minimum atomic E-state index is 0.317. The van der Waals surface area contributed by atoms with Crippen LogP contribution in [0.25, 0.3) is 0 Å². The molecule has 3 saturated heterocycles. The monoisotopic (exact) mass is 279 g/mol. The molecule has 20 heavy (non-hydrogen) atoms. The molecule has 1 amide bonds. The third-order valence-electron chi connectivity index (χ3n) is 5.33. The van der Waals surface area contributed by atoms with Crippen LogP contribution in [0.1, 0.15) is 38.5 Å². The van der Waals surface area contributed by atoms with Crippen LogP contribution in [-0.4, -0.2) is 61.5 Å². The van der Waals surface area contributed by atoms with Crippen LogP contribution in [0.15, 0.2) is 0 Å². The quantitative estimate of drug-likeness (QED) is 0.846.